The Labute approximate surface area is 147 Å². The maximum atomic E-state index is 12.7. The van der Waals surface area contributed by atoms with E-state index in [0.29, 0.717) is 28.3 Å². The van der Waals surface area contributed by atoms with Crippen LogP contribution in [0.1, 0.15) is 21.6 Å². The molecule has 114 valence electrons. The number of nitrogens with zero attached hydrogens (tertiary/aromatic N) is 2. The molecule has 1 aliphatic heterocycles. The summed E-state index contributed by atoms with van der Waals surface area (Å²) < 4.78 is 0.694. The van der Waals surface area contributed by atoms with Crippen LogP contribution < -0.4 is 0 Å². The monoisotopic (exact) mass is 396 g/mol. The van der Waals surface area contributed by atoms with Gasteiger partial charge in [0, 0.05) is 24.2 Å². The van der Waals surface area contributed by atoms with E-state index in [9.17, 15) is 4.79 Å². The summed E-state index contributed by atoms with van der Waals surface area (Å²) in [5.41, 5.74) is 2.97. The number of aromatic nitrogens is 1. The van der Waals surface area contributed by atoms with E-state index in [1.54, 1.807) is 24.0 Å². The van der Waals surface area contributed by atoms with Crippen LogP contribution >= 0.6 is 39.3 Å². The van der Waals surface area contributed by atoms with Crippen LogP contribution in [-0.2, 0) is 13.0 Å². The smallest absolute Gasteiger partial charge is 0.272 e. The van der Waals surface area contributed by atoms with Crippen LogP contribution in [0.25, 0.3) is 0 Å². The SMILES string of the molecule is CSc1cccc2c1CN(C(=O)c1cc(Cl)c(Br)cn1)CC2. The molecule has 0 aliphatic carbocycles. The minimum atomic E-state index is -0.0732. The van der Waals surface area contributed by atoms with E-state index < -0.39 is 0 Å². The van der Waals surface area contributed by atoms with Crippen molar-refractivity contribution in [2.45, 2.75) is 17.9 Å². The first-order valence-electron chi connectivity index (χ1n) is 6.85. The lowest BCUT2D eigenvalue weighted by Gasteiger charge is -2.30. The molecule has 0 radical (unpaired) electrons. The number of halogens is 2. The van der Waals surface area contributed by atoms with E-state index in [2.05, 4.69) is 45.4 Å². The number of amides is 1. The molecule has 0 spiro atoms. The molecule has 1 aromatic carbocycles. The number of benzene rings is 1. The highest BCUT2D eigenvalue weighted by Crippen LogP contribution is 2.29. The summed E-state index contributed by atoms with van der Waals surface area (Å²) in [4.78, 5) is 19.9. The van der Waals surface area contributed by atoms with Crippen LogP contribution in [0.2, 0.25) is 5.02 Å². The average Bonchev–Trinajstić information content (AvgIpc) is 2.55. The molecule has 1 amide bonds. The molecule has 0 saturated carbocycles. The average molecular weight is 398 g/mol. The van der Waals surface area contributed by atoms with Gasteiger partial charge in [0.25, 0.3) is 5.91 Å². The number of carbonyl (C=O) groups is 1. The van der Waals surface area contributed by atoms with Crippen molar-refractivity contribution in [2.75, 3.05) is 12.8 Å². The number of rotatable bonds is 2. The van der Waals surface area contributed by atoms with E-state index in [-0.39, 0.29) is 5.91 Å². The minimum Gasteiger partial charge on any atom is -0.333 e. The highest BCUT2D eigenvalue weighted by Gasteiger charge is 2.24. The topological polar surface area (TPSA) is 33.2 Å². The van der Waals surface area contributed by atoms with Crippen molar-refractivity contribution in [2.24, 2.45) is 0 Å². The van der Waals surface area contributed by atoms with Gasteiger partial charge in [-0.3, -0.25) is 4.79 Å². The summed E-state index contributed by atoms with van der Waals surface area (Å²) in [5.74, 6) is -0.0732. The first-order chi connectivity index (χ1) is 10.6. The van der Waals surface area contributed by atoms with Crippen molar-refractivity contribution in [3.63, 3.8) is 0 Å². The molecule has 22 heavy (non-hydrogen) atoms. The maximum Gasteiger partial charge on any atom is 0.272 e. The summed E-state index contributed by atoms with van der Waals surface area (Å²) in [6.45, 7) is 1.33. The normalized spacial score (nSPS) is 13.9. The Morgan fingerprint density at radius 1 is 1.45 bits per heavy atom. The molecule has 6 heteroatoms. The lowest BCUT2D eigenvalue weighted by atomic mass is 9.99. The highest BCUT2D eigenvalue weighted by atomic mass is 79.9. The van der Waals surface area contributed by atoms with E-state index in [1.165, 1.54) is 16.0 Å². The molecule has 2 aromatic rings. The maximum absolute atomic E-state index is 12.7. The molecule has 0 N–H and O–H groups in total. The van der Waals surface area contributed by atoms with Gasteiger partial charge in [-0.2, -0.15) is 0 Å². The van der Waals surface area contributed by atoms with Gasteiger partial charge in [0.2, 0.25) is 0 Å². The first kappa shape index (κ1) is 15.8. The third-order valence-electron chi connectivity index (χ3n) is 3.76. The van der Waals surface area contributed by atoms with Gasteiger partial charge in [-0.1, -0.05) is 23.7 Å². The van der Waals surface area contributed by atoms with Gasteiger partial charge in [-0.15, -0.1) is 11.8 Å². The second kappa shape index (κ2) is 6.60. The minimum absolute atomic E-state index is 0.0732. The fraction of sp³-hybridized carbons (Fsp3) is 0.250. The molecule has 0 fully saturated rings. The Hall–Kier alpha value is -1.04. The Bertz CT molecular complexity index is 724. The Morgan fingerprint density at radius 2 is 2.27 bits per heavy atom. The van der Waals surface area contributed by atoms with Crippen LogP contribution in [-0.4, -0.2) is 28.6 Å². The molecule has 3 nitrogen and oxygen atoms in total. The molecule has 0 bridgehead atoms. The van der Waals surface area contributed by atoms with Crippen molar-refractivity contribution in [3.8, 4) is 0 Å². The van der Waals surface area contributed by atoms with Crippen LogP contribution in [0.4, 0.5) is 0 Å². The summed E-state index contributed by atoms with van der Waals surface area (Å²) in [7, 11) is 0. The second-order valence-corrected chi connectivity index (χ2v) is 7.17. The summed E-state index contributed by atoms with van der Waals surface area (Å²) in [6.07, 6.45) is 4.51. The standard InChI is InChI=1S/C16H14BrClN2OS/c1-22-15-4-2-3-10-5-6-20(9-11(10)15)16(21)14-7-13(18)12(17)8-19-14/h2-4,7-8H,5-6,9H2,1H3. The van der Waals surface area contributed by atoms with Crippen molar-refractivity contribution in [1.29, 1.82) is 0 Å². The summed E-state index contributed by atoms with van der Waals surface area (Å²) >= 11 is 11.1. The molecular formula is C16H14BrClN2OS. The van der Waals surface area contributed by atoms with Crippen molar-refractivity contribution < 1.29 is 4.79 Å². The predicted octanol–water partition coefficient (Wildman–Crippen LogP) is 4.42. The van der Waals surface area contributed by atoms with Crippen molar-refractivity contribution in [3.05, 3.63) is 56.8 Å². The van der Waals surface area contributed by atoms with Gasteiger partial charge >= 0.3 is 0 Å². The highest BCUT2D eigenvalue weighted by molar-refractivity contribution is 9.10. The number of hydrogen-bond acceptors (Lipinski definition) is 3. The zero-order valence-electron chi connectivity index (χ0n) is 12.0. The first-order valence-corrected chi connectivity index (χ1v) is 9.25. The fourth-order valence-electron chi connectivity index (χ4n) is 2.61. The Balaban J connectivity index is 1.87. The zero-order chi connectivity index (χ0) is 15.7. The molecule has 0 atom stereocenters. The van der Waals surface area contributed by atoms with Crippen LogP contribution in [0, 0.1) is 0 Å². The third-order valence-corrected chi connectivity index (χ3v) is 5.76. The Kier molecular flexibility index (Phi) is 4.76. The molecule has 2 heterocycles. The number of thioether (sulfide) groups is 1. The zero-order valence-corrected chi connectivity index (χ0v) is 15.1. The van der Waals surface area contributed by atoms with Gasteiger partial charge < -0.3 is 4.90 Å². The molecule has 0 saturated heterocycles. The number of carbonyl (C=O) groups excluding carboxylic acids is 1. The largest absolute Gasteiger partial charge is 0.333 e. The molecule has 1 aromatic heterocycles. The van der Waals surface area contributed by atoms with E-state index in [1.807, 2.05) is 4.90 Å². The van der Waals surface area contributed by atoms with Crippen LogP contribution in [0.5, 0.6) is 0 Å². The van der Waals surface area contributed by atoms with Gasteiger partial charge in [0.1, 0.15) is 5.69 Å². The molecule has 1 aliphatic rings. The van der Waals surface area contributed by atoms with E-state index in [0.717, 1.165) is 6.42 Å². The van der Waals surface area contributed by atoms with Gasteiger partial charge in [-0.25, -0.2) is 4.98 Å². The fourth-order valence-corrected chi connectivity index (χ4v) is 3.63. The lowest BCUT2D eigenvalue weighted by molar-refractivity contribution is 0.0727. The van der Waals surface area contributed by atoms with Gasteiger partial charge in [-0.05, 0) is 51.9 Å². The Morgan fingerprint density at radius 3 is 3.00 bits per heavy atom. The quantitative estimate of drug-likeness (QED) is 0.703. The number of hydrogen-bond donors (Lipinski definition) is 0. The van der Waals surface area contributed by atoms with Crippen molar-refractivity contribution in [1.82, 2.24) is 9.88 Å². The van der Waals surface area contributed by atoms with E-state index in [4.69, 9.17) is 11.6 Å². The molecule has 3 rings (SSSR count). The lowest BCUT2D eigenvalue weighted by Crippen LogP contribution is -2.36. The predicted molar refractivity (Wildman–Crippen MR) is 93.6 cm³/mol. The summed E-state index contributed by atoms with van der Waals surface area (Å²) in [6, 6.07) is 7.94. The summed E-state index contributed by atoms with van der Waals surface area (Å²) in [5, 5.41) is 0.501. The second-order valence-electron chi connectivity index (χ2n) is 5.06. The van der Waals surface area contributed by atoms with E-state index >= 15 is 0 Å². The molecule has 0 unspecified atom stereocenters. The van der Waals surface area contributed by atoms with Gasteiger partial charge in [0.15, 0.2) is 0 Å². The van der Waals surface area contributed by atoms with Gasteiger partial charge in [0.05, 0.1) is 9.50 Å². The molecular weight excluding hydrogens is 384 g/mol. The van der Waals surface area contributed by atoms with Crippen molar-refractivity contribution >= 4 is 45.2 Å². The van der Waals surface area contributed by atoms with Crippen LogP contribution in [0.15, 0.2) is 39.8 Å². The number of fused-ring (bicyclic) bond motifs is 1. The third kappa shape index (κ3) is 3.03. The number of pyridine rings is 1. The van der Waals surface area contributed by atoms with Crippen LogP contribution in [0.3, 0.4) is 0 Å².